The topological polar surface area (TPSA) is 64.7 Å². The van der Waals surface area contributed by atoms with Crippen LogP contribution in [0.1, 0.15) is 98.3 Å². The predicted octanol–water partition coefficient (Wildman–Crippen LogP) is 6.19. The number of hydrogen-bond donors (Lipinski definition) is 2. The molecule has 0 aromatic carbocycles. The first-order valence-corrected chi connectivity index (χ1v) is 13.1. The van der Waals surface area contributed by atoms with E-state index in [1.807, 2.05) is 0 Å². The van der Waals surface area contributed by atoms with Crippen LogP contribution in [0.3, 0.4) is 0 Å². The second kappa shape index (κ2) is 8.99. The molecule has 0 amide bonds. The molecule has 0 aliphatic heterocycles. The number of fused-ring (bicyclic) bond motifs is 5. The summed E-state index contributed by atoms with van der Waals surface area (Å²) >= 11 is 0. The van der Waals surface area contributed by atoms with Crippen LogP contribution in [-0.4, -0.2) is 17.5 Å². The van der Waals surface area contributed by atoms with Gasteiger partial charge < -0.3 is 9.84 Å². The third-order valence-corrected chi connectivity index (χ3v) is 10.8. The number of hydrogen-bond acceptors (Lipinski definition) is 4. The molecule has 4 rings (SSSR count). The summed E-state index contributed by atoms with van der Waals surface area (Å²) in [5.41, 5.74) is 0.970. The van der Waals surface area contributed by atoms with Gasteiger partial charge >= 0.3 is 0 Å². The van der Waals surface area contributed by atoms with E-state index >= 15 is 0 Å². The van der Waals surface area contributed by atoms with E-state index in [-0.39, 0.29) is 6.10 Å². The van der Waals surface area contributed by atoms with Crippen molar-refractivity contribution < 1.29 is 14.7 Å². The summed E-state index contributed by atoms with van der Waals surface area (Å²) in [6.45, 7) is 13.6. The van der Waals surface area contributed by atoms with Gasteiger partial charge in [-0.3, -0.25) is 4.84 Å². The van der Waals surface area contributed by atoms with Gasteiger partial charge in [-0.25, -0.2) is 5.90 Å². The van der Waals surface area contributed by atoms with Crippen molar-refractivity contribution in [2.45, 2.75) is 111 Å². The number of allylic oxidation sites excluding steroid dienone is 1. The molecule has 10 unspecified atom stereocenters. The Balaban J connectivity index is 1.40. The highest BCUT2D eigenvalue weighted by Crippen LogP contribution is 2.68. The molecule has 0 aromatic heterocycles. The summed E-state index contributed by atoms with van der Waals surface area (Å²) in [6.07, 6.45) is 13.2. The molecular formula is C27H47NO3. The summed E-state index contributed by atoms with van der Waals surface area (Å²) < 4.78 is 5.62. The molecule has 4 aliphatic rings. The van der Waals surface area contributed by atoms with E-state index in [4.69, 9.17) is 15.5 Å². The fourth-order valence-electron chi connectivity index (χ4n) is 9.12. The normalized spacial score (nSPS) is 46.4. The molecule has 4 aliphatic carbocycles. The Morgan fingerprint density at radius 3 is 2.48 bits per heavy atom. The van der Waals surface area contributed by atoms with E-state index in [1.54, 1.807) is 6.92 Å². The molecule has 31 heavy (non-hydrogen) atoms. The Hall–Kier alpha value is -0.580. The predicted molar refractivity (Wildman–Crippen MR) is 125 cm³/mol. The van der Waals surface area contributed by atoms with Crippen LogP contribution in [-0.2, 0) is 9.57 Å². The molecule has 3 N–H and O–H groups in total. The lowest BCUT2D eigenvalue weighted by Gasteiger charge is -2.61. The van der Waals surface area contributed by atoms with Crippen LogP contribution in [0, 0.1) is 46.3 Å². The van der Waals surface area contributed by atoms with Crippen molar-refractivity contribution in [1.82, 2.24) is 0 Å². The first-order chi connectivity index (χ1) is 14.7. The molecule has 10 atom stereocenters. The van der Waals surface area contributed by atoms with Crippen molar-refractivity contribution in [3.63, 3.8) is 0 Å². The van der Waals surface area contributed by atoms with Crippen molar-refractivity contribution in [3.05, 3.63) is 12.3 Å². The molecule has 0 saturated heterocycles. The summed E-state index contributed by atoms with van der Waals surface area (Å²) in [4.78, 5) is 4.72. The van der Waals surface area contributed by atoms with Gasteiger partial charge in [0.1, 0.15) is 0 Å². The summed E-state index contributed by atoms with van der Waals surface area (Å²) in [6, 6.07) is 0. The molecule has 0 heterocycles. The van der Waals surface area contributed by atoms with Crippen molar-refractivity contribution in [2.75, 3.05) is 0 Å². The van der Waals surface area contributed by atoms with Crippen LogP contribution in [0.25, 0.3) is 0 Å². The smallest absolute Gasteiger partial charge is 0.214 e. The molecule has 0 aromatic rings. The minimum Gasteiger partial charge on any atom is -0.469 e. The lowest BCUT2D eigenvalue weighted by Crippen LogP contribution is -2.54. The van der Waals surface area contributed by atoms with Crippen LogP contribution in [0.2, 0.25) is 0 Å². The Morgan fingerprint density at radius 2 is 1.74 bits per heavy atom. The second-order valence-corrected chi connectivity index (χ2v) is 12.2. The van der Waals surface area contributed by atoms with E-state index in [1.165, 1.54) is 44.9 Å². The molecule has 4 nitrogen and oxygen atoms in total. The SMILES string of the molecule is C=C(CCC(C)C1CCC2C3CCC4CC(O)CCC4(C)C3CCC12C)OC(C)ON. The van der Waals surface area contributed by atoms with Gasteiger partial charge in [-0.15, -0.1) is 0 Å². The molecular weight excluding hydrogens is 386 g/mol. The lowest BCUT2D eigenvalue weighted by molar-refractivity contribution is -0.129. The highest BCUT2D eigenvalue weighted by molar-refractivity contribution is 5.09. The molecule has 4 fully saturated rings. The van der Waals surface area contributed by atoms with Gasteiger partial charge in [-0.1, -0.05) is 27.4 Å². The molecule has 4 heteroatoms. The van der Waals surface area contributed by atoms with Gasteiger partial charge in [0, 0.05) is 6.42 Å². The maximum absolute atomic E-state index is 10.3. The largest absolute Gasteiger partial charge is 0.469 e. The second-order valence-electron chi connectivity index (χ2n) is 12.2. The van der Waals surface area contributed by atoms with E-state index in [2.05, 4.69) is 27.4 Å². The van der Waals surface area contributed by atoms with Crippen LogP contribution >= 0.6 is 0 Å². The monoisotopic (exact) mass is 433 g/mol. The van der Waals surface area contributed by atoms with Crippen molar-refractivity contribution in [1.29, 1.82) is 0 Å². The van der Waals surface area contributed by atoms with Crippen molar-refractivity contribution >= 4 is 0 Å². The van der Waals surface area contributed by atoms with Crippen molar-refractivity contribution in [3.8, 4) is 0 Å². The first kappa shape index (κ1) is 23.6. The van der Waals surface area contributed by atoms with Crippen LogP contribution in [0.15, 0.2) is 12.3 Å². The lowest BCUT2D eigenvalue weighted by atomic mass is 9.44. The maximum atomic E-state index is 10.3. The first-order valence-electron chi connectivity index (χ1n) is 13.1. The number of aliphatic hydroxyl groups excluding tert-OH is 1. The highest BCUT2D eigenvalue weighted by Gasteiger charge is 2.60. The van der Waals surface area contributed by atoms with Gasteiger partial charge in [0.2, 0.25) is 6.29 Å². The summed E-state index contributed by atoms with van der Waals surface area (Å²) in [7, 11) is 0. The third kappa shape index (κ3) is 4.22. The molecule has 0 bridgehead atoms. The standard InChI is InChI=1S/C27H47NO3/c1-17(6-7-18(2)30-19(3)31-28)23-10-11-24-22-9-8-20-16-21(29)12-14-26(20,4)25(22)13-15-27(23,24)5/h17,19-25,29H,2,6-16,28H2,1,3-5H3. The number of rotatable bonds is 7. The van der Waals surface area contributed by atoms with Gasteiger partial charge in [-0.2, -0.15) is 0 Å². The third-order valence-electron chi connectivity index (χ3n) is 10.8. The minimum atomic E-state index is -0.427. The highest BCUT2D eigenvalue weighted by atomic mass is 16.7. The van der Waals surface area contributed by atoms with E-state index in [0.29, 0.717) is 16.7 Å². The van der Waals surface area contributed by atoms with Crippen LogP contribution < -0.4 is 5.90 Å². The zero-order valence-corrected chi connectivity index (χ0v) is 20.4. The zero-order valence-electron chi connectivity index (χ0n) is 20.4. The van der Waals surface area contributed by atoms with Gasteiger partial charge in [-0.05, 0) is 117 Å². The minimum absolute atomic E-state index is 0.0432. The summed E-state index contributed by atoms with van der Waals surface area (Å²) in [5, 5.41) is 10.3. The van der Waals surface area contributed by atoms with Crippen LogP contribution in [0.5, 0.6) is 0 Å². The Bertz CT molecular complexity index is 652. The van der Waals surface area contributed by atoms with E-state index in [9.17, 15) is 5.11 Å². The Labute approximate surface area is 190 Å². The maximum Gasteiger partial charge on any atom is 0.214 e. The van der Waals surface area contributed by atoms with Crippen LogP contribution in [0.4, 0.5) is 0 Å². The molecule has 0 spiro atoms. The van der Waals surface area contributed by atoms with Gasteiger partial charge in [0.05, 0.1) is 11.9 Å². The fourth-order valence-corrected chi connectivity index (χ4v) is 9.12. The Kier molecular flexibility index (Phi) is 6.83. The fraction of sp³-hybridized carbons (Fsp3) is 0.926. The zero-order chi connectivity index (χ0) is 22.4. The van der Waals surface area contributed by atoms with E-state index < -0.39 is 6.29 Å². The quantitative estimate of drug-likeness (QED) is 0.285. The number of aliphatic hydroxyl groups is 1. The Morgan fingerprint density at radius 1 is 1.03 bits per heavy atom. The molecule has 4 saturated carbocycles. The number of nitrogens with two attached hydrogens (primary N) is 1. The number of ether oxygens (including phenoxy) is 1. The average Bonchev–Trinajstić information content (AvgIpc) is 3.09. The average molecular weight is 434 g/mol. The van der Waals surface area contributed by atoms with Gasteiger partial charge in [0.25, 0.3) is 0 Å². The van der Waals surface area contributed by atoms with E-state index in [0.717, 1.165) is 61.0 Å². The molecule has 178 valence electrons. The molecule has 0 radical (unpaired) electrons. The van der Waals surface area contributed by atoms with Crippen molar-refractivity contribution in [2.24, 2.45) is 52.2 Å². The summed E-state index contributed by atoms with van der Waals surface area (Å²) in [5.74, 6) is 10.9. The van der Waals surface area contributed by atoms with Gasteiger partial charge in [0.15, 0.2) is 0 Å².